The fraction of sp³-hybridized carbons (Fsp3) is 0.333. The summed E-state index contributed by atoms with van der Waals surface area (Å²) in [4.78, 5) is 0. The zero-order valence-corrected chi connectivity index (χ0v) is 6.22. The average Bonchev–Trinajstić information content (AvgIpc) is 2.33. The summed E-state index contributed by atoms with van der Waals surface area (Å²) in [7, 11) is 0.781. The Labute approximate surface area is 56.3 Å². The number of hydrogen-bond donors (Lipinski definition) is 2. The monoisotopic (exact) mass is 142 g/mol. The number of hydrogen-bond acceptors (Lipinski definition) is 2. The number of rotatable bonds is 2. The van der Waals surface area contributed by atoms with Crippen LogP contribution >= 0.6 is 8.19 Å². The first-order chi connectivity index (χ1) is 4.38. The van der Waals surface area contributed by atoms with Crippen LogP contribution in [0.3, 0.4) is 0 Å². The van der Waals surface area contributed by atoms with E-state index in [2.05, 4.69) is 11.9 Å². The zero-order valence-electron chi connectivity index (χ0n) is 5.22. The van der Waals surface area contributed by atoms with Crippen molar-refractivity contribution >= 4 is 8.19 Å². The predicted octanol–water partition coefficient (Wildman–Crippen LogP) is 0.635. The molecule has 3 heteroatoms. The minimum absolute atomic E-state index is 0.635. The molecule has 1 heterocycles. The van der Waals surface area contributed by atoms with Gasteiger partial charge in [-0.25, -0.2) is 0 Å². The normalized spacial score (nSPS) is 10.9. The van der Waals surface area contributed by atoms with Gasteiger partial charge in [0.05, 0.1) is 0 Å². The summed E-state index contributed by atoms with van der Waals surface area (Å²) in [6.07, 6.45) is 0. The smallest absolute Gasteiger partial charge is 0.0216 e. The van der Waals surface area contributed by atoms with Crippen LogP contribution in [-0.2, 0) is 13.1 Å². The van der Waals surface area contributed by atoms with Gasteiger partial charge in [0, 0.05) is 13.1 Å². The SMILES string of the molecule is NCc1cc[pH]c1CN. The third-order valence-corrected chi connectivity index (χ3v) is 2.56. The molecule has 50 valence electrons. The molecule has 0 aliphatic heterocycles. The Morgan fingerprint density at radius 1 is 1.33 bits per heavy atom. The Balaban J connectivity index is 2.85. The fourth-order valence-corrected chi connectivity index (χ4v) is 1.79. The topological polar surface area (TPSA) is 52.0 Å². The van der Waals surface area contributed by atoms with E-state index < -0.39 is 0 Å². The molecule has 0 aliphatic rings. The van der Waals surface area contributed by atoms with Gasteiger partial charge >= 0.3 is 0 Å². The summed E-state index contributed by atoms with van der Waals surface area (Å²) >= 11 is 0. The zero-order chi connectivity index (χ0) is 6.69. The minimum Gasteiger partial charge on any atom is -0.326 e. The largest absolute Gasteiger partial charge is 0.326 e. The molecule has 1 atom stereocenters. The second kappa shape index (κ2) is 3.02. The standard InChI is InChI=1S/C6H11N2P/c7-3-5-1-2-9-6(5)4-8/h1-2,9H,3-4,7-8H2. The molecule has 0 spiro atoms. The lowest BCUT2D eigenvalue weighted by Gasteiger charge is -1.94. The maximum atomic E-state index is 5.45. The molecule has 1 aromatic rings. The van der Waals surface area contributed by atoms with Crippen LogP contribution < -0.4 is 11.5 Å². The van der Waals surface area contributed by atoms with Crippen molar-refractivity contribution in [3.05, 3.63) is 22.7 Å². The quantitative estimate of drug-likeness (QED) is 0.636. The van der Waals surface area contributed by atoms with Gasteiger partial charge in [-0.3, -0.25) is 0 Å². The Morgan fingerprint density at radius 3 is 2.56 bits per heavy atom. The van der Waals surface area contributed by atoms with Crippen LogP contribution in [-0.4, -0.2) is 0 Å². The van der Waals surface area contributed by atoms with E-state index in [4.69, 9.17) is 11.5 Å². The highest BCUT2D eigenvalue weighted by molar-refractivity contribution is 7.30. The van der Waals surface area contributed by atoms with E-state index in [1.807, 2.05) is 0 Å². The lowest BCUT2D eigenvalue weighted by atomic mass is 10.2. The maximum Gasteiger partial charge on any atom is 0.0216 e. The van der Waals surface area contributed by atoms with Crippen molar-refractivity contribution in [1.29, 1.82) is 0 Å². The second-order valence-electron chi connectivity index (χ2n) is 1.89. The van der Waals surface area contributed by atoms with Crippen molar-refractivity contribution in [2.24, 2.45) is 11.5 Å². The van der Waals surface area contributed by atoms with Crippen molar-refractivity contribution in [2.45, 2.75) is 13.1 Å². The lowest BCUT2D eigenvalue weighted by Crippen LogP contribution is -2.01. The summed E-state index contributed by atoms with van der Waals surface area (Å²) in [6.45, 7) is 1.30. The average molecular weight is 142 g/mol. The van der Waals surface area contributed by atoms with E-state index in [1.165, 1.54) is 10.9 Å². The second-order valence-corrected chi connectivity index (χ2v) is 3.12. The van der Waals surface area contributed by atoms with Gasteiger partial charge in [0.1, 0.15) is 0 Å². The molecule has 4 N–H and O–H groups in total. The van der Waals surface area contributed by atoms with E-state index in [9.17, 15) is 0 Å². The molecule has 0 radical (unpaired) electrons. The molecule has 0 saturated carbocycles. The molecule has 1 unspecified atom stereocenters. The third-order valence-electron chi connectivity index (χ3n) is 1.35. The van der Waals surface area contributed by atoms with E-state index >= 15 is 0 Å². The van der Waals surface area contributed by atoms with Crippen molar-refractivity contribution in [3.8, 4) is 0 Å². The van der Waals surface area contributed by atoms with Gasteiger partial charge in [0.25, 0.3) is 0 Å². The first-order valence-corrected chi connectivity index (χ1v) is 4.01. The highest BCUT2D eigenvalue weighted by Gasteiger charge is 1.96. The summed E-state index contributed by atoms with van der Waals surface area (Å²) < 4.78 is 0. The van der Waals surface area contributed by atoms with Gasteiger partial charge in [-0.15, -0.1) is 8.19 Å². The maximum absolute atomic E-state index is 5.45. The Hall–Kier alpha value is -0.300. The molecule has 0 aliphatic carbocycles. The molecule has 1 rings (SSSR count). The van der Waals surface area contributed by atoms with Crippen LogP contribution in [0.5, 0.6) is 0 Å². The molecule has 2 nitrogen and oxygen atoms in total. The third kappa shape index (κ3) is 1.33. The van der Waals surface area contributed by atoms with E-state index in [1.54, 1.807) is 0 Å². The molecule has 0 bridgehead atoms. The van der Waals surface area contributed by atoms with Gasteiger partial charge in [-0.05, 0) is 16.7 Å². The van der Waals surface area contributed by atoms with Crippen molar-refractivity contribution < 1.29 is 0 Å². The summed E-state index contributed by atoms with van der Waals surface area (Å²) in [5.74, 6) is 2.13. The summed E-state index contributed by atoms with van der Waals surface area (Å²) in [6, 6.07) is 2.07. The molecule has 0 fully saturated rings. The molecule has 1 aromatic heterocycles. The van der Waals surface area contributed by atoms with Crippen LogP contribution in [0.4, 0.5) is 0 Å². The predicted molar refractivity (Wildman–Crippen MR) is 41.7 cm³/mol. The van der Waals surface area contributed by atoms with Crippen LogP contribution in [0.15, 0.2) is 11.9 Å². The van der Waals surface area contributed by atoms with Crippen molar-refractivity contribution in [3.63, 3.8) is 0 Å². The highest BCUT2D eigenvalue weighted by atomic mass is 31.0. The molecule has 0 saturated heterocycles. The van der Waals surface area contributed by atoms with Crippen molar-refractivity contribution in [2.75, 3.05) is 0 Å². The van der Waals surface area contributed by atoms with Gasteiger partial charge in [0.2, 0.25) is 0 Å². The number of nitrogens with two attached hydrogens (primary N) is 2. The first kappa shape index (κ1) is 6.81. The van der Waals surface area contributed by atoms with Gasteiger partial charge in [-0.1, -0.05) is 6.07 Å². The van der Waals surface area contributed by atoms with Crippen molar-refractivity contribution in [1.82, 2.24) is 0 Å². The molecule has 9 heavy (non-hydrogen) atoms. The Kier molecular flexibility index (Phi) is 2.29. The Morgan fingerprint density at radius 2 is 2.11 bits per heavy atom. The van der Waals surface area contributed by atoms with Crippen LogP contribution in [0.1, 0.15) is 10.9 Å². The molecule has 0 amide bonds. The van der Waals surface area contributed by atoms with Crippen LogP contribution in [0, 0.1) is 0 Å². The summed E-state index contributed by atoms with van der Waals surface area (Å²) in [5.41, 5.74) is 12.1. The molecule has 0 aromatic carbocycles. The lowest BCUT2D eigenvalue weighted by molar-refractivity contribution is 1.01. The highest BCUT2D eigenvalue weighted by Crippen LogP contribution is 2.19. The van der Waals surface area contributed by atoms with Crippen LogP contribution in [0.25, 0.3) is 0 Å². The van der Waals surface area contributed by atoms with E-state index in [0.717, 1.165) is 8.19 Å². The first-order valence-electron chi connectivity index (χ1n) is 2.93. The van der Waals surface area contributed by atoms with Gasteiger partial charge in [-0.2, -0.15) is 0 Å². The van der Waals surface area contributed by atoms with Gasteiger partial charge < -0.3 is 11.5 Å². The molecular formula is C6H11N2P. The summed E-state index contributed by atoms with van der Waals surface area (Å²) in [5, 5.41) is 1.32. The van der Waals surface area contributed by atoms with E-state index in [0.29, 0.717) is 13.1 Å². The Bertz CT molecular complexity index is 164. The molecular weight excluding hydrogens is 131 g/mol. The fourth-order valence-electron chi connectivity index (χ4n) is 0.817. The van der Waals surface area contributed by atoms with E-state index in [-0.39, 0.29) is 0 Å². The minimum atomic E-state index is 0.635. The van der Waals surface area contributed by atoms with Gasteiger partial charge in [0.15, 0.2) is 0 Å². The van der Waals surface area contributed by atoms with Crippen LogP contribution in [0.2, 0.25) is 0 Å².